The molecule has 2 rings (SSSR count). The van der Waals surface area contributed by atoms with Gasteiger partial charge in [-0.05, 0) is 52.3 Å². The predicted molar refractivity (Wildman–Crippen MR) is 78.2 cm³/mol. The van der Waals surface area contributed by atoms with E-state index in [4.69, 9.17) is 14.0 Å². The zero-order valence-corrected chi connectivity index (χ0v) is 12.9. The summed E-state index contributed by atoms with van der Waals surface area (Å²) < 4.78 is 17.3. The standard InChI is InChI=1S/C15H20BNO3/c1-10-7-11(18-6)8-13(12(10)9-17)16-19-14(2,3)15(4,5)20-16/h7-8H,1-6H3. The van der Waals surface area contributed by atoms with Gasteiger partial charge in [-0.3, -0.25) is 0 Å². The maximum Gasteiger partial charge on any atom is 0.496 e. The molecular formula is C15H20BNO3. The van der Waals surface area contributed by atoms with Gasteiger partial charge in [0.05, 0.1) is 29.9 Å². The smallest absolute Gasteiger partial charge is 0.496 e. The van der Waals surface area contributed by atoms with Gasteiger partial charge < -0.3 is 14.0 Å². The van der Waals surface area contributed by atoms with E-state index in [9.17, 15) is 5.26 Å². The Morgan fingerprint density at radius 3 is 2.15 bits per heavy atom. The largest absolute Gasteiger partial charge is 0.497 e. The van der Waals surface area contributed by atoms with E-state index in [-0.39, 0.29) is 0 Å². The molecule has 1 aromatic carbocycles. The van der Waals surface area contributed by atoms with Gasteiger partial charge in [-0.2, -0.15) is 5.26 Å². The van der Waals surface area contributed by atoms with Gasteiger partial charge in [0.1, 0.15) is 5.75 Å². The van der Waals surface area contributed by atoms with Gasteiger partial charge >= 0.3 is 7.12 Å². The summed E-state index contributed by atoms with van der Waals surface area (Å²) in [6, 6.07) is 5.88. The summed E-state index contributed by atoms with van der Waals surface area (Å²) in [4.78, 5) is 0. The number of ether oxygens (including phenoxy) is 1. The van der Waals surface area contributed by atoms with E-state index in [2.05, 4.69) is 6.07 Å². The normalized spacial score (nSPS) is 19.8. The molecule has 0 unspecified atom stereocenters. The van der Waals surface area contributed by atoms with Crippen LogP contribution in [-0.2, 0) is 9.31 Å². The lowest BCUT2D eigenvalue weighted by atomic mass is 9.75. The molecule has 1 aliphatic rings. The van der Waals surface area contributed by atoms with E-state index >= 15 is 0 Å². The number of rotatable bonds is 2. The summed E-state index contributed by atoms with van der Waals surface area (Å²) in [6.07, 6.45) is 0. The van der Waals surface area contributed by atoms with Crippen molar-refractivity contribution in [2.45, 2.75) is 45.8 Å². The average Bonchev–Trinajstić information content (AvgIpc) is 2.57. The lowest BCUT2D eigenvalue weighted by Crippen LogP contribution is -2.41. The van der Waals surface area contributed by atoms with Crippen molar-refractivity contribution >= 4 is 12.6 Å². The third-order valence-corrected chi connectivity index (χ3v) is 4.19. The Kier molecular flexibility index (Phi) is 3.57. The summed E-state index contributed by atoms with van der Waals surface area (Å²) in [5.74, 6) is 0.700. The monoisotopic (exact) mass is 273 g/mol. The molecule has 0 aromatic heterocycles. The Morgan fingerprint density at radius 1 is 1.15 bits per heavy atom. The van der Waals surface area contributed by atoms with Gasteiger partial charge in [-0.1, -0.05) is 0 Å². The molecule has 0 N–H and O–H groups in total. The fraction of sp³-hybridized carbons (Fsp3) is 0.533. The molecule has 0 spiro atoms. The van der Waals surface area contributed by atoms with Crippen LogP contribution in [0.1, 0.15) is 38.8 Å². The van der Waals surface area contributed by atoms with Gasteiger partial charge in [0.25, 0.3) is 0 Å². The third kappa shape index (κ3) is 2.30. The maximum absolute atomic E-state index is 9.38. The molecule has 0 bridgehead atoms. The Balaban J connectivity index is 2.49. The highest BCUT2D eigenvalue weighted by molar-refractivity contribution is 6.63. The second kappa shape index (κ2) is 4.80. The van der Waals surface area contributed by atoms with Gasteiger partial charge in [0, 0.05) is 5.46 Å². The van der Waals surface area contributed by atoms with Crippen molar-refractivity contribution in [3.05, 3.63) is 23.3 Å². The minimum absolute atomic E-state index is 0.429. The van der Waals surface area contributed by atoms with Crippen molar-refractivity contribution in [3.8, 4) is 11.8 Å². The van der Waals surface area contributed by atoms with Crippen LogP contribution >= 0.6 is 0 Å². The molecule has 106 valence electrons. The van der Waals surface area contributed by atoms with Crippen LogP contribution < -0.4 is 10.2 Å². The Labute approximate surface area is 120 Å². The average molecular weight is 273 g/mol. The van der Waals surface area contributed by atoms with Gasteiger partial charge in [0.2, 0.25) is 0 Å². The highest BCUT2D eigenvalue weighted by atomic mass is 16.7. The van der Waals surface area contributed by atoms with Crippen LogP contribution in [0.15, 0.2) is 12.1 Å². The second-order valence-corrected chi connectivity index (χ2v) is 6.11. The summed E-state index contributed by atoms with van der Waals surface area (Å²) in [5, 5.41) is 9.38. The van der Waals surface area contributed by atoms with Crippen molar-refractivity contribution in [2.75, 3.05) is 7.11 Å². The molecular weight excluding hydrogens is 253 g/mol. The van der Waals surface area contributed by atoms with Crippen molar-refractivity contribution in [1.82, 2.24) is 0 Å². The Morgan fingerprint density at radius 2 is 1.70 bits per heavy atom. The predicted octanol–water partition coefficient (Wildman–Crippen LogP) is 2.17. The van der Waals surface area contributed by atoms with Gasteiger partial charge in [-0.15, -0.1) is 0 Å². The number of nitriles is 1. The molecule has 0 amide bonds. The van der Waals surface area contributed by atoms with E-state index < -0.39 is 18.3 Å². The summed E-state index contributed by atoms with van der Waals surface area (Å²) in [7, 11) is 1.05. The van der Waals surface area contributed by atoms with Crippen LogP contribution in [0.25, 0.3) is 0 Å². The molecule has 1 fully saturated rings. The van der Waals surface area contributed by atoms with Crippen molar-refractivity contribution < 1.29 is 14.0 Å². The number of methoxy groups -OCH3 is 1. The summed E-state index contributed by atoms with van der Waals surface area (Å²) in [5.41, 5.74) is 1.31. The van der Waals surface area contributed by atoms with Crippen LogP contribution in [0.5, 0.6) is 5.75 Å². The first kappa shape index (κ1) is 14.9. The molecule has 0 saturated carbocycles. The van der Waals surface area contributed by atoms with E-state index in [0.29, 0.717) is 11.3 Å². The molecule has 1 heterocycles. The maximum atomic E-state index is 9.38. The first-order valence-electron chi connectivity index (χ1n) is 6.66. The van der Waals surface area contributed by atoms with E-state index in [0.717, 1.165) is 11.0 Å². The number of nitrogens with zero attached hydrogens (tertiary/aromatic N) is 1. The molecule has 0 aliphatic carbocycles. The zero-order chi connectivity index (χ0) is 15.1. The summed E-state index contributed by atoms with van der Waals surface area (Å²) >= 11 is 0. The molecule has 1 saturated heterocycles. The first-order chi connectivity index (χ1) is 9.21. The highest BCUT2D eigenvalue weighted by Gasteiger charge is 2.52. The van der Waals surface area contributed by atoms with E-state index in [1.165, 1.54) is 0 Å². The van der Waals surface area contributed by atoms with Crippen LogP contribution in [0.2, 0.25) is 0 Å². The van der Waals surface area contributed by atoms with Crippen molar-refractivity contribution in [2.24, 2.45) is 0 Å². The SMILES string of the molecule is COc1cc(C)c(C#N)c(B2OC(C)(C)C(C)(C)O2)c1. The lowest BCUT2D eigenvalue weighted by molar-refractivity contribution is 0.00578. The molecule has 1 aliphatic heterocycles. The number of hydrogen-bond acceptors (Lipinski definition) is 4. The topological polar surface area (TPSA) is 51.5 Å². The van der Waals surface area contributed by atoms with E-state index in [1.807, 2.05) is 46.8 Å². The van der Waals surface area contributed by atoms with Crippen LogP contribution in [0.4, 0.5) is 0 Å². The Hall–Kier alpha value is -1.51. The highest BCUT2D eigenvalue weighted by Crippen LogP contribution is 2.37. The second-order valence-electron chi connectivity index (χ2n) is 6.11. The van der Waals surface area contributed by atoms with Gasteiger partial charge in [-0.25, -0.2) is 0 Å². The van der Waals surface area contributed by atoms with Crippen LogP contribution in [0.3, 0.4) is 0 Å². The molecule has 0 radical (unpaired) electrons. The van der Waals surface area contributed by atoms with Crippen LogP contribution in [-0.4, -0.2) is 25.4 Å². The molecule has 0 atom stereocenters. The fourth-order valence-electron chi connectivity index (χ4n) is 2.21. The minimum atomic E-state index is -0.552. The summed E-state index contributed by atoms with van der Waals surface area (Å²) in [6.45, 7) is 9.85. The molecule has 20 heavy (non-hydrogen) atoms. The number of hydrogen-bond donors (Lipinski definition) is 0. The Bertz CT molecular complexity index is 559. The van der Waals surface area contributed by atoms with Gasteiger partial charge in [0.15, 0.2) is 0 Å². The molecule has 4 nitrogen and oxygen atoms in total. The minimum Gasteiger partial charge on any atom is -0.497 e. The zero-order valence-electron chi connectivity index (χ0n) is 12.9. The van der Waals surface area contributed by atoms with Crippen molar-refractivity contribution in [1.29, 1.82) is 5.26 Å². The van der Waals surface area contributed by atoms with Crippen molar-refractivity contribution in [3.63, 3.8) is 0 Å². The third-order valence-electron chi connectivity index (χ3n) is 4.19. The lowest BCUT2D eigenvalue weighted by Gasteiger charge is -2.32. The van der Waals surface area contributed by atoms with E-state index in [1.54, 1.807) is 7.11 Å². The molecule has 1 aromatic rings. The first-order valence-corrected chi connectivity index (χ1v) is 6.66. The quantitative estimate of drug-likeness (QED) is 0.775. The van der Waals surface area contributed by atoms with Crippen LogP contribution in [0, 0.1) is 18.3 Å². The number of benzene rings is 1. The number of aryl methyl sites for hydroxylation is 1. The molecule has 5 heteroatoms. The fourth-order valence-corrected chi connectivity index (χ4v) is 2.21.